The number of hydrogen-bond acceptors (Lipinski definition) is 2. The number of benzene rings is 1. The minimum atomic E-state index is 0.356. The van der Waals surface area contributed by atoms with Crippen LogP contribution in [0.1, 0.15) is 37.8 Å². The molecule has 106 valence electrons. The summed E-state index contributed by atoms with van der Waals surface area (Å²) in [7, 11) is 0. The van der Waals surface area contributed by atoms with Crippen molar-refractivity contribution in [1.82, 2.24) is 4.90 Å². The fraction of sp³-hybridized carbons (Fsp3) is 0.600. The zero-order valence-corrected chi connectivity index (χ0v) is 12.9. The molecular weight excluding hydrogens is 279 g/mol. The molecule has 0 bridgehead atoms. The third-order valence-electron chi connectivity index (χ3n) is 3.90. The fourth-order valence-corrected chi connectivity index (χ4v) is 3.71. The molecule has 2 atom stereocenters. The molecule has 1 heterocycles. The Labute approximate surface area is 125 Å². The van der Waals surface area contributed by atoms with Gasteiger partial charge in [-0.2, -0.15) is 0 Å². The smallest absolute Gasteiger partial charge is 0.0424 e. The van der Waals surface area contributed by atoms with Crippen LogP contribution in [-0.2, 0) is 0 Å². The Morgan fingerprint density at radius 3 is 2.53 bits per heavy atom. The molecule has 0 aliphatic carbocycles. The molecule has 1 fully saturated rings. The second-order valence-corrected chi connectivity index (χ2v) is 6.19. The van der Waals surface area contributed by atoms with Gasteiger partial charge in [0.1, 0.15) is 0 Å². The summed E-state index contributed by atoms with van der Waals surface area (Å²) in [6.45, 7) is 5.17. The number of piperidine rings is 1. The van der Waals surface area contributed by atoms with Gasteiger partial charge in [-0.05, 0) is 68.6 Å². The van der Waals surface area contributed by atoms with E-state index < -0.39 is 0 Å². The van der Waals surface area contributed by atoms with Crippen molar-refractivity contribution in [3.8, 4) is 0 Å². The Hall–Kier alpha value is -0.280. The number of hydrogen-bond donors (Lipinski definition) is 1. The second kappa shape index (κ2) is 6.94. The Balaban J connectivity index is 2.33. The fourth-order valence-electron chi connectivity index (χ4n) is 3.17. The minimum Gasteiger partial charge on any atom is -0.330 e. The maximum atomic E-state index is 6.15. The van der Waals surface area contributed by atoms with Crippen molar-refractivity contribution < 1.29 is 0 Å². The van der Waals surface area contributed by atoms with Crippen LogP contribution in [0.3, 0.4) is 0 Å². The molecule has 0 spiro atoms. The second-order valence-electron chi connectivity index (χ2n) is 5.32. The van der Waals surface area contributed by atoms with Crippen molar-refractivity contribution in [2.24, 2.45) is 11.7 Å². The van der Waals surface area contributed by atoms with Crippen LogP contribution in [0.25, 0.3) is 0 Å². The molecule has 2 nitrogen and oxygen atoms in total. The predicted molar refractivity (Wildman–Crippen MR) is 82.8 cm³/mol. The van der Waals surface area contributed by atoms with E-state index in [0.717, 1.165) is 26.1 Å². The summed E-state index contributed by atoms with van der Waals surface area (Å²) in [5, 5.41) is 1.42. The Bertz CT molecular complexity index is 400. The first-order chi connectivity index (χ1) is 9.15. The van der Waals surface area contributed by atoms with Crippen molar-refractivity contribution in [2.45, 2.75) is 32.2 Å². The van der Waals surface area contributed by atoms with Crippen molar-refractivity contribution in [2.75, 3.05) is 19.6 Å². The van der Waals surface area contributed by atoms with Gasteiger partial charge in [0, 0.05) is 16.1 Å². The molecule has 0 amide bonds. The van der Waals surface area contributed by atoms with Crippen LogP contribution < -0.4 is 5.73 Å². The summed E-state index contributed by atoms with van der Waals surface area (Å²) in [5.41, 5.74) is 7.18. The third-order valence-corrected chi connectivity index (χ3v) is 4.34. The summed E-state index contributed by atoms with van der Waals surface area (Å²) in [6, 6.07) is 6.22. The maximum Gasteiger partial charge on any atom is 0.0424 e. The lowest BCUT2D eigenvalue weighted by Gasteiger charge is -2.41. The zero-order valence-electron chi connectivity index (χ0n) is 11.4. The zero-order chi connectivity index (χ0) is 13.8. The first kappa shape index (κ1) is 15.1. The molecule has 0 saturated carbocycles. The lowest BCUT2D eigenvalue weighted by molar-refractivity contribution is 0.0960. The van der Waals surface area contributed by atoms with Gasteiger partial charge in [0.15, 0.2) is 0 Å². The standard InChI is InChI=1S/C15H22Cl2N2/c1-2-5-19-6-3-4-11(10-18)15(19)12-7-13(16)9-14(17)8-12/h7-9,11,15H,2-6,10,18H2,1H3. The molecule has 1 aliphatic heterocycles. The minimum absolute atomic E-state index is 0.356. The normalized spacial score (nSPS) is 24.6. The summed E-state index contributed by atoms with van der Waals surface area (Å²) >= 11 is 12.3. The van der Waals surface area contributed by atoms with Gasteiger partial charge in [0.05, 0.1) is 0 Å². The van der Waals surface area contributed by atoms with Crippen LogP contribution in [0.4, 0.5) is 0 Å². The average Bonchev–Trinajstić information content (AvgIpc) is 2.37. The van der Waals surface area contributed by atoms with E-state index >= 15 is 0 Å². The average molecular weight is 301 g/mol. The van der Waals surface area contributed by atoms with Crippen LogP contribution in [0.5, 0.6) is 0 Å². The predicted octanol–water partition coefficient (Wildman–Crippen LogP) is 4.12. The highest BCUT2D eigenvalue weighted by molar-refractivity contribution is 6.34. The highest BCUT2D eigenvalue weighted by Crippen LogP contribution is 2.37. The van der Waals surface area contributed by atoms with E-state index in [2.05, 4.69) is 11.8 Å². The summed E-state index contributed by atoms with van der Waals surface area (Å²) in [6.07, 6.45) is 3.57. The molecule has 1 aromatic rings. The third kappa shape index (κ3) is 3.63. The van der Waals surface area contributed by atoms with Gasteiger partial charge < -0.3 is 5.73 Å². The molecule has 0 aromatic heterocycles. The molecule has 19 heavy (non-hydrogen) atoms. The Morgan fingerprint density at radius 1 is 1.26 bits per heavy atom. The lowest BCUT2D eigenvalue weighted by atomic mass is 9.84. The highest BCUT2D eigenvalue weighted by atomic mass is 35.5. The summed E-state index contributed by atoms with van der Waals surface area (Å²) < 4.78 is 0. The van der Waals surface area contributed by atoms with Crippen LogP contribution in [0.15, 0.2) is 18.2 Å². The quantitative estimate of drug-likeness (QED) is 0.906. The van der Waals surface area contributed by atoms with Gasteiger partial charge in [-0.25, -0.2) is 0 Å². The van der Waals surface area contributed by atoms with Crippen molar-refractivity contribution in [3.05, 3.63) is 33.8 Å². The number of rotatable bonds is 4. The van der Waals surface area contributed by atoms with E-state index in [4.69, 9.17) is 28.9 Å². The van der Waals surface area contributed by atoms with E-state index in [1.807, 2.05) is 12.1 Å². The maximum absolute atomic E-state index is 6.15. The molecule has 1 aliphatic rings. The topological polar surface area (TPSA) is 29.3 Å². The first-order valence-corrected chi connectivity index (χ1v) is 7.81. The highest BCUT2D eigenvalue weighted by Gasteiger charge is 2.31. The monoisotopic (exact) mass is 300 g/mol. The van der Waals surface area contributed by atoms with Crippen molar-refractivity contribution in [3.63, 3.8) is 0 Å². The van der Waals surface area contributed by atoms with Gasteiger partial charge in [-0.1, -0.05) is 30.1 Å². The van der Waals surface area contributed by atoms with Gasteiger partial charge in [0.2, 0.25) is 0 Å². The molecular formula is C15H22Cl2N2. The van der Waals surface area contributed by atoms with Gasteiger partial charge in [0.25, 0.3) is 0 Å². The molecule has 1 saturated heterocycles. The molecule has 2 rings (SSSR count). The van der Waals surface area contributed by atoms with E-state index in [1.165, 1.54) is 18.4 Å². The number of likely N-dealkylation sites (tertiary alicyclic amines) is 1. The number of halogens is 2. The molecule has 1 aromatic carbocycles. The molecule has 2 N–H and O–H groups in total. The molecule has 0 radical (unpaired) electrons. The van der Waals surface area contributed by atoms with Crippen molar-refractivity contribution >= 4 is 23.2 Å². The van der Waals surface area contributed by atoms with Crippen LogP contribution in [0, 0.1) is 5.92 Å². The van der Waals surface area contributed by atoms with E-state index in [0.29, 0.717) is 22.0 Å². The molecule has 2 unspecified atom stereocenters. The first-order valence-electron chi connectivity index (χ1n) is 7.05. The van der Waals surface area contributed by atoms with Gasteiger partial charge in [-0.3, -0.25) is 4.90 Å². The SMILES string of the molecule is CCCN1CCCC(CN)C1c1cc(Cl)cc(Cl)c1. The number of nitrogens with zero attached hydrogens (tertiary/aromatic N) is 1. The Kier molecular flexibility index (Phi) is 5.52. The Morgan fingerprint density at radius 2 is 1.95 bits per heavy atom. The van der Waals surface area contributed by atoms with E-state index in [-0.39, 0.29) is 0 Å². The van der Waals surface area contributed by atoms with E-state index in [1.54, 1.807) is 6.07 Å². The van der Waals surface area contributed by atoms with Gasteiger partial charge >= 0.3 is 0 Å². The van der Waals surface area contributed by atoms with Crippen LogP contribution in [0.2, 0.25) is 10.0 Å². The van der Waals surface area contributed by atoms with Crippen LogP contribution >= 0.6 is 23.2 Å². The summed E-state index contributed by atoms with van der Waals surface area (Å²) in [4.78, 5) is 2.53. The summed E-state index contributed by atoms with van der Waals surface area (Å²) in [5.74, 6) is 0.495. The van der Waals surface area contributed by atoms with E-state index in [9.17, 15) is 0 Å². The lowest BCUT2D eigenvalue weighted by Crippen LogP contribution is -2.41. The van der Waals surface area contributed by atoms with Crippen LogP contribution in [-0.4, -0.2) is 24.5 Å². The molecule has 4 heteroatoms. The largest absolute Gasteiger partial charge is 0.330 e. The van der Waals surface area contributed by atoms with Gasteiger partial charge in [-0.15, -0.1) is 0 Å². The number of nitrogens with two attached hydrogens (primary N) is 1. The van der Waals surface area contributed by atoms with Crippen molar-refractivity contribution in [1.29, 1.82) is 0 Å².